The van der Waals surface area contributed by atoms with Crippen molar-refractivity contribution < 1.29 is 9.90 Å². The van der Waals surface area contributed by atoms with E-state index in [9.17, 15) is 9.90 Å². The first kappa shape index (κ1) is 14.6. The van der Waals surface area contributed by atoms with Gasteiger partial charge in [0.2, 0.25) is 0 Å². The molecule has 4 aliphatic rings. The summed E-state index contributed by atoms with van der Waals surface area (Å²) in [6.07, 6.45) is 9.01. The lowest BCUT2D eigenvalue weighted by Crippen LogP contribution is -2.43. The maximum Gasteiger partial charge on any atom is 0.191 e. The fourth-order valence-electron chi connectivity index (χ4n) is 3.90. The minimum atomic E-state index is -0.682. The molecule has 3 unspecified atom stereocenters. The van der Waals surface area contributed by atoms with Gasteiger partial charge in [-0.15, -0.1) is 0 Å². The highest BCUT2D eigenvalue weighted by Crippen LogP contribution is 2.56. The molecule has 2 aliphatic heterocycles. The average molecular weight is 334 g/mol. The van der Waals surface area contributed by atoms with Crippen LogP contribution in [0.5, 0.6) is 0 Å². The molecule has 1 aromatic rings. The van der Waals surface area contributed by atoms with Gasteiger partial charge in [-0.05, 0) is 19.1 Å². The van der Waals surface area contributed by atoms with Gasteiger partial charge < -0.3 is 15.3 Å². The summed E-state index contributed by atoms with van der Waals surface area (Å²) < 4.78 is 0. The number of hydrogen-bond acceptors (Lipinski definition) is 6. The minimum absolute atomic E-state index is 0.0954. The molecule has 25 heavy (non-hydrogen) atoms. The molecule has 126 valence electrons. The van der Waals surface area contributed by atoms with Crippen molar-refractivity contribution in [1.29, 1.82) is 0 Å². The summed E-state index contributed by atoms with van der Waals surface area (Å²) in [5, 5.41) is 13.8. The first-order chi connectivity index (χ1) is 12.1. The van der Waals surface area contributed by atoms with Crippen molar-refractivity contribution in [2.45, 2.75) is 12.5 Å². The van der Waals surface area contributed by atoms with Gasteiger partial charge in [-0.1, -0.05) is 12.2 Å². The zero-order valence-corrected chi connectivity index (χ0v) is 13.8. The minimum Gasteiger partial charge on any atom is -0.389 e. The maximum atomic E-state index is 12.5. The molecule has 5 rings (SSSR count). The first-order valence-corrected chi connectivity index (χ1v) is 8.47. The molecule has 2 aliphatic carbocycles. The van der Waals surface area contributed by atoms with E-state index in [4.69, 9.17) is 0 Å². The molecule has 3 heterocycles. The lowest BCUT2D eigenvalue weighted by Gasteiger charge is -2.34. The Labute approximate surface area is 145 Å². The molecule has 3 atom stereocenters. The van der Waals surface area contributed by atoms with Crippen LogP contribution >= 0.6 is 0 Å². The number of pyridine rings is 1. The summed E-state index contributed by atoms with van der Waals surface area (Å²) >= 11 is 0. The van der Waals surface area contributed by atoms with E-state index in [0.29, 0.717) is 12.1 Å². The third-order valence-electron chi connectivity index (χ3n) is 5.46. The Morgan fingerprint density at radius 3 is 3.08 bits per heavy atom. The number of allylic oxidation sites excluding steroid dienone is 1. The van der Waals surface area contributed by atoms with Gasteiger partial charge >= 0.3 is 0 Å². The number of fused-ring (bicyclic) bond motifs is 4. The molecule has 6 heteroatoms. The second-order valence-corrected chi connectivity index (χ2v) is 7.06. The van der Waals surface area contributed by atoms with E-state index in [1.165, 1.54) is 0 Å². The number of rotatable bonds is 2. The van der Waals surface area contributed by atoms with Crippen LogP contribution in [0.25, 0.3) is 0 Å². The summed E-state index contributed by atoms with van der Waals surface area (Å²) in [7, 11) is 0. The van der Waals surface area contributed by atoms with Crippen LogP contribution in [0.15, 0.2) is 64.8 Å². The number of hydrogen-bond donors (Lipinski definition) is 2. The van der Waals surface area contributed by atoms with Crippen LogP contribution < -0.4 is 5.32 Å². The highest BCUT2D eigenvalue weighted by molar-refractivity contribution is 6.08. The normalized spacial score (nSPS) is 33.4. The summed E-state index contributed by atoms with van der Waals surface area (Å²) in [6.45, 7) is 3.30. The number of amidine groups is 1. The van der Waals surface area contributed by atoms with Crippen molar-refractivity contribution in [2.24, 2.45) is 16.8 Å². The predicted octanol–water partition coefficient (Wildman–Crippen LogP) is 1.24. The van der Waals surface area contributed by atoms with E-state index in [1.54, 1.807) is 30.6 Å². The van der Waals surface area contributed by atoms with Gasteiger partial charge in [-0.2, -0.15) is 0 Å². The molecule has 2 N–H and O–H groups in total. The van der Waals surface area contributed by atoms with E-state index in [0.717, 1.165) is 29.5 Å². The number of ketones is 1. The molecule has 1 saturated heterocycles. The van der Waals surface area contributed by atoms with Crippen LogP contribution in [-0.2, 0) is 0 Å². The Bertz CT molecular complexity index is 895. The zero-order chi connectivity index (χ0) is 17.2. The fraction of sp³-hybridized carbons (Fsp3) is 0.316. The lowest BCUT2D eigenvalue weighted by molar-refractivity contribution is 0.104. The number of aromatic nitrogens is 1. The Morgan fingerprint density at radius 2 is 2.28 bits per heavy atom. The largest absolute Gasteiger partial charge is 0.389 e. The average Bonchev–Trinajstić information content (AvgIpc) is 2.99. The Hall–Kier alpha value is -2.73. The third-order valence-corrected chi connectivity index (χ3v) is 5.46. The van der Waals surface area contributed by atoms with Crippen molar-refractivity contribution in [3.8, 4) is 0 Å². The molecule has 1 aromatic heterocycles. The quantitative estimate of drug-likeness (QED) is 0.629. The van der Waals surface area contributed by atoms with E-state index in [-0.39, 0.29) is 17.6 Å². The topological polar surface area (TPSA) is 77.8 Å². The van der Waals surface area contributed by atoms with Crippen LogP contribution in [-0.4, -0.2) is 45.3 Å². The summed E-state index contributed by atoms with van der Waals surface area (Å²) in [5.41, 5.74) is 1.83. The molecule has 0 bridgehead atoms. The number of nitrogens with one attached hydrogen (secondary N) is 1. The van der Waals surface area contributed by atoms with Gasteiger partial charge in [-0.25, -0.2) is 0 Å². The predicted molar refractivity (Wildman–Crippen MR) is 92.6 cm³/mol. The zero-order valence-electron chi connectivity index (χ0n) is 13.8. The van der Waals surface area contributed by atoms with E-state index in [1.807, 2.05) is 11.8 Å². The second-order valence-electron chi connectivity index (χ2n) is 7.06. The molecule has 2 fully saturated rings. The van der Waals surface area contributed by atoms with Gasteiger partial charge in [0.15, 0.2) is 5.78 Å². The van der Waals surface area contributed by atoms with Crippen LogP contribution in [0.1, 0.15) is 17.3 Å². The van der Waals surface area contributed by atoms with E-state index in [2.05, 4.69) is 27.4 Å². The number of carbonyl (C=O) groups is 1. The van der Waals surface area contributed by atoms with Gasteiger partial charge in [0.1, 0.15) is 11.7 Å². The van der Waals surface area contributed by atoms with Gasteiger partial charge in [0.05, 0.1) is 12.1 Å². The summed E-state index contributed by atoms with van der Waals surface area (Å²) in [5.74, 6) is 1.80. The summed E-state index contributed by atoms with van der Waals surface area (Å²) in [6, 6.07) is 3.51. The lowest BCUT2D eigenvalue weighted by atomic mass is 9.99. The van der Waals surface area contributed by atoms with E-state index >= 15 is 0 Å². The number of carbonyl (C=O) groups excluding carboxylic acids is 1. The molecular weight excluding hydrogens is 316 g/mol. The number of nitrogens with zero attached hydrogens (tertiary/aromatic N) is 3. The monoisotopic (exact) mass is 334 g/mol. The third kappa shape index (κ3) is 2.10. The Morgan fingerprint density at radius 1 is 1.44 bits per heavy atom. The summed E-state index contributed by atoms with van der Waals surface area (Å²) in [4.78, 5) is 23.2. The first-order valence-electron chi connectivity index (χ1n) is 8.47. The maximum absolute atomic E-state index is 12.5. The van der Waals surface area contributed by atoms with Crippen molar-refractivity contribution in [3.05, 3.63) is 65.4 Å². The smallest absolute Gasteiger partial charge is 0.191 e. The highest BCUT2D eigenvalue weighted by atomic mass is 16.3. The second kappa shape index (κ2) is 4.89. The molecule has 6 nitrogen and oxygen atoms in total. The van der Waals surface area contributed by atoms with Crippen LogP contribution in [0, 0.1) is 11.8 Å². The van der Waals surface area contributed by atoms with Crippen LogP contribution in [0.4, 0.5) is 0 Å². The van der Waals surface area contributed by atoms with Gasteiger partial charge in [0, 0.05) is 53.7 Å². The van der Waals surface area contributed by atoms with Crippen LogP contribution in [0.3, 0.4) is 0 Å². The molecule has 0 radical (unpaired) electrons. The highest BCUT2D eigenvalue weighted by Gasteiger charge is 2.60. The molecule has 0 spiro atoms. The Balaban J connectivity index is 1.52. The Kier molecular flexibility index (Phi) is 2.86. The van der Waals surface area contributed by atoms with Crippen molar-refractivity contribution >= 4 is 11.6 Å². The van der Waals surface area contributed by atoms with Gasteiger partial charge in [0.25, 0.3) is 0 Å². The molecule has 1 saturated carbocycles. The fourth-order valence-corrected chi connectivity index (χ4v) is 3.90. The molecular formula is C19H18N4O2. The van der Waals surface area contributed by atoms with E-state index < -0.39 is 5.60 Å². The number of aliphatic imine (C=N–C) groups is 1. The molecule has 0 aromatic carbocycles. The molecule has 0 amide bonds. The SMILES string of the molecule is CC1(O)C2C=C3NC(=CC(=O)c4cccnc4)N4CCN=C4C3=CC21. The van der Waals surface area contributed by atoms with Crippen LogP contribution in [0.2, 0.25) is 0 Å². The number of aliphatic hydroxyl groups is 1. The van der Waals surface area contributed by atoms with Gasteiger partial charge in [-0.3, -0.25) is 14.8 Å². The van der Waals surface area contributed by atoms with Crippen molar-refractivity contribution in [1.82, 2.24) is 15.2 Å². The van der Waals surface area contributed by atoms with Crippen molar-refractivity contribution in [3.63, 3.8) is 0 Å². The standard InChI is InChI=1S/C19H18N4O2/c1-19(25)13-7-12-15(8-14(13)19)22-17(23-6-5-21-18(12)23)9-16(24)11-3-2-4-20-10-11/h2-4,7-10,13-14,22,25H,5-6H2,1H3. The van der Waals surface area contributed by atoms with Crippen molar-refractivity contribution in [2.75, 3.05) is 13.1 Å².